The molecule has 8 nitrogen and oxygen atoms in total. The third kappa shape index (κ3) is 4.05. The first-order valence-electron chi connectivity index (χ1n) is 6.41. The Morgan fingerprint density at radius 3 is 2.65 bits per heavy atom. The molecule has 2 rings (SSSR count). The van der Waals surface area contributed by atoms with Gasteiger partial charge in [0.2, 0.25) is 10.0 Å². The van der Waals surface area contributed by atoms with Crippen molar-refractivity contribution in [2.75, 3.05) is 11.9 Å². The van der Waals surface area contributed by atoms with Crippen LogP contribution in [0.1, 0.15) is 12.5 Å². The summed E-state index contributed by atoms with van der Waals surface area (Å²) < 4.78 is 23.3. The van der Waals surface area contributed by atoms with Crippen LogP contribution >= 0.6 is 11.3 Å². The van der Waals surface area contributed by atoms with E-state index in [2.05, 4.69) is 5.32 Å². The summed E-state index contributed by atoms with van der Waals surface area (Å²) in [5, 5.41) is 32.7. The highest BCUT2D eigenvalue weighted by atomic mass is 32.2. The Kier molecular flexibility index (Phi) is 4.71. The van der Waals surface area contributed by atoms with Crippen molar-refractivity contribution in [3.05, 3.63) is 50.7 Å². The van der Waals surface area contributed by atoms with Crippen LogP contribution in [-0.2, 0) is 15.6 Å². The first-order valence-corrected chi connectivity index (χ1v) is 8.90. The molecular formula is C13H15N3O5S2. The summed E-state index contributed by atoms with van der Waals surface area (Å²) in [5.74, 6) is 0. The summed E-state index contributed by atoms with van der Waals surface area (Å²) in [6, 6.07) is 5.05. The van der Waals surface area contributed by atoms with Crippen molar-refractivity contribution < 1.29 is 18.4 Å². The molecule has 0 bridgehead atoms. The number of nitrogens with one attached hydrogen (secondary N) is 1. The second-order valence-electron chi connectivity index (χ2n) is 5.12. The van der Waals surface area contributed by atoms with Crippen LogP contribution in [0, 0.1) is 10.1 Å². The number of nitro groups is 1. The number of rotatable bonds is 6. The lowest BCUT2D eigenvalue weighted by Crippen LogP contribution is -2.30. The fourth-order valence-electron chi connectivity index (χ4n) is 1.95. The van der Waals surface area contributed by atoms with E-state index in [0.29, 0.717) is 5.56 Å². The van der Waals surface area contributed by atoms with Gasteiger partial charge in [0.05, 0.1) is 10.6 Å². The second-order valence-corrected chi connectivity index (χ2v) is 7.43. The Balaban J connectivity index is 2.31. The van der Waals surface area contributed by atoms with Gasteiger partial charge in [-0.1, -0.05) is 0 Å². The molecule has 0 aliphatic rings. The number of non-ortho nitro benzene ring substituents is 1. The number of hydrogen-bond donors (Lipinski definition) is 3. The van der Waals surface area contributed by atoms with Gasteiger partial charge in [-0.25, -0.2) is 13.6 Å². The number of aliphatic hydroxyl groups is 1. The maximum atomic E-state index is 11.6. The van der Waals surface area contributed by atoms with E-state index in [1.54, 1.807) is 18.4 Å². The SMILES string of the molecule is CC(O)(CNc1ccc([N+](=O)[O-])cc1S(N)(=O)=O)c1ccsc1. The van der Waals surface area contributed by atoms with Gasteiger partial charge in [-0.3, -0.25) is 10.1 Å². The number of anilines is 1. The number of sulfonamides is 1. The van der Waals surface area contributed by atoms with E-state index in [9.17, 15) is 23.6 Å². The van der Waals surface area contributed by atoms with Crippen molar-refractivity contribution in [3.63, 3.8) is 0 Å². The Labute approximate surface area is 136 Å². The van der Waals surface area contributed by atoms with Gasteiger partial charge in [0.1, 0.15) is 10.5 Å². The lowest BCUT2D eigenvalue weighted by atomic mass is 9.99. The van der Waals surface area contributed by atoms with Crippen molar-refractivity contribution in [2.45, 2.75) is 17.4 Å². The smallest absolute Gasteiger partial charge is 0.270 e. The molecule has 0 spiro atoms. The normalized spacial score (nSPS) is 14.2. The summed E-state index contributed by atoms with van der Waals surface area (Å²) in [4.78, 5) is 9.67. The van der Waals surface area contributed by atoms with E-state index in [-0.39, 0.29) is 17.9 Å². The molecule has 23 heavy (non-hydrogen) atoms. The molecule has 1 unspecified atom stereocenters. The molecule has 2 aromatic rings. The first-order chi connectivity index (χ1) is 10.6. The number of benzene rings is 1. The number of nitro benzene ring substituents is 1. The molecule has 1 heterocycles. The predicted octanol–water partition coefficient (Wildman–Crippen LogP) is 1.62. The predicted molar refractivity (Wildman–Crippen MR) is 86.8 cm³/mol. The minimum atomic E-state index is -4.16. The third-order valence-corrected chi connectivity index (χ3v) is 4.88. The molecule has 4 N–H and O–H groups in total. The van der Waals surface area contributed by atoms with Crippen LogP contribution in [0.2, 0.25) is 0 Å². The molecule has 0 amide bonds. The number of thiophene rings is 1. The number of primary sulfonamides is 1. The fraction of sp³-hybridized carbons (Fsp3) is 0.231. The van der Waals surface area contributed by atoms with Gasteiger partial charge >= 0.3 is 0 Å². The zero-order chi connectivity index (χ0) is 17.3. The van der Waals surface area contributed by atoms with E-state index in [0.717, 1.165) is 12.1 Å². The van der Waals surface area contributed by atoms with Crippen molar-refractivity contribution in [3.8, 4) is 0 Å². The van der Waals surface area contributed by atoms with E-state index < -0.39 is 25.4 Å². The van der Waals surface area contributed by atoms with Crippen LogP contribution in [-0.4, -0.2) is 25.0 Å². The van der Waals surface area contributed by atoms with Gasteiger partial charge in [0, 0.05) is 18.7 Å². The lowest BCUT2D eigenvalue weighted by Gasteiger charge is -2.24. The largest absolute Gasteiger partial charge is 0.384 e. The summed E-state index contributed by atoms with van der Waals surface area (Å²) in [6.45, 7) is 1.58. The monoisotopic (exact) mass is 357 g/mol. The van der Waals surface area contributed by atoms with Gasteiger partial charge < -0.3 is 10.4 Å². The standard InChI is InChI=1S/C13H15N3O5S2/c1-13(17,9-4-5-22-7-9)8-15-11-3-2-10(16(18)19)6-12(11)23(14,20)21/h2-7,15,17H,8H2,1H3,(H2,14,20,21). The highest BCUT2D eigenvalue weighted by Crippen LogP contribution is 2.28. The minimum Gasteiger partial charge on any atom is -0.384 e. The van der Waals surface area contributed by atoms with Gasteiger partial charge in [-0.15, -0.1) is 0 Å². The number of nitrogens with zero attached hydrogens (tertiary/aromatic N) is 1. The zero-order valence-corrected chi connectivity index (χ0v) is 13.7. The van der Waals surface area contributed by atoms with Crippen molar-refractivity contribution in [1.82, 2.24) is 0 Å². The molecule has 0 saturated heterocycles. The van der Waals surface area contributed by atoms with Crippen LogP contribution < -0.4 is 10.5 Å². The molecular weight excluding hydrogens is 342 g/mol. The topological polar surface area (TPSA) is 136 Å². The molecule has 0 radical (unpaired) electrons. The lowest BCUT2D eigenvalue weighted by molar-refractivity contribution is -0.385. The number of nitrogens with two attached hydrogens (primary N) is 1. The average molecular weight is 357 g/mol. The fourth-order valence-corrected chi connectivity index (χ4v) is 3.46. The molecule has 0 aliphatic heterocycles. The molecule has 0 fully saturated rings. The van der Waals surface area contributed by atoms with Crippen molar-refractivity contribution in [2.24, 2.45) is 5.14 Å². The quantitative estimate of drug-likeness (QED) is 0.531. The zero-order valence-electron chi connectivity index (χ0n) is 12.1. The van der Waals surface area contributed by atoms with Gasteiger partial charge in [0.25, 0.3) is 5.69 Å². The summed E-state index contributed by atoms with van der Waals surface area (Å²) >= 11 is 1.42. The van der Waals surface area contributed by atoms with Crippen LogP contribution in [0.15, 0.2) is 39.9 Å². The molecule has 124 valence electrons. The summed E-state index contributed by atoms with van der Waals surface area (Å²) in [5.41, 5.74) is -0.857. The van der Waals surface area contributed by atoms with E-state index in [1.165, 1.54) is 17.4 Å². The van der Waals surface area contributed by atoms with Crippen LogP contribution in [0.5, 0.6) is 0 Å². The third-order valence-electron chi connectivity index (χ3n) is 3.25. The highest BCUT2D eigenvalue weighted by Gasteiger charge is 2.25. The Bertz CT molecular complexity index is 816. The van der Waals surface area contributed by atoms with Gasteiger partial charge in [-0.05, 0) is 35.4 Å². The molecule has 0 saturated carbocycles. The van der Waals surface area contributed by atoms with Crippen LogP contribution in [0.25, 0.3) is 0 Å². The number of hydrogen-bond acceptors (Lipinski definition) is 7. The minimum absolute atomic E-state index is 0.00403. The Morgan fingerprint density at radius 2 is 2.13 bits per heavy atom. The highest BCUT2D eigenvalue weighted by molar-refractivity contribution is 7.89. The van der Waals surface area contributed by atoms with E-state index >= 15 is 0 Å². The molecule has 1 atom stereocenters. The molecule has 0 aliphatic carbocycles. The van der Waals surface area contributed by atoms with Crippen LogP contribution in [0.3, 0.4) is 0 Å². The van der Waals surface area contributed by atoms with Gasteiger partial charge in [0.15, 0.2) is 0 Å². The average Bonchev–Trinajstić information content (AvgIpc) is 2.99. The first kappa shape index (κ1) is 17.3. The van der Waals surface area contributed by atoms with Crippen molar-refractivity contribution >= 4 is 32.7 Å². The van der Waals surface area contributed by atoms with Crippen molar-refractivity contribution in [1.29, 1.82) is 0 Å². The summed E-state index contributed by atoms with van der Waals surface area (Å²) in [6.07, 6.45) is 0. The molecule has 10 heteroatoms. The summed E-state index contributed by atoms with van der Waals surface area (Å²) in [7, 11) is -4.16. The molecule has 1 aromatic heterocycles. The van der Waals surface area contributed by atoms with Gasteiger partial charge in [-0.2, -0.15) is 11.3 Å². The van der Waals surface area contributed by atoms with Crippen LogP contribution in [0.4, 0.5) is 11.4 Å². The Morgan fingerprint density at radius 1 is 1.43 bits per heavy atom. The van der Waals surface area contributed by atoms with E-state index in [4.69, 9.17) is 5.14 Å². The maximum absolute atomic E-state index is 11.6. The van der Waals surface area contributed by atoms with E-state index in [1.807, 2.05) is 5.38 Å². The second kappa shape index (κ2) is 6.24. The Hall–Kier alpha value is -2.01. The molecule has 1 aromatic carbocycles. The maximum Gasteiger partial charge on any atom is 0.270 e.